The van der Waals surface area contributed by atoms with Gasteiger partial charge in [-0.1, -0.05) is 0 Å². The predicted molar refractivity (Wildman–Crippen MR) is 210 cm³/mol. The zero-order chi connectivity index (χ0) is 34.6. The Kier molecular flexibility index (Phi) is 9.30. The van der Waals surface area contributed by atoms with E-state index in [1.54, 1.807) is 0 Å². The van der Waals surface area contributed by atoms with E-state index in [9.17, 15) is 0 Å². The van der Waals surface area contributed by atoms with Crippen molar-refractivity contribution in [2.75, 3.05) is 0 Å². The van der Waals surface area contributed by atoms with Crippen molar-refractivity contribution < 1.29 is 12.9 Å². The van der Waals surface area contributed by atoms with Gasteiger partial charge in [0, 0.05) is 0 Å². The molecule has 0 atom stereocenters. The Morgan fingerprint density at radius 1 is 0.583 bits per heavy atom. The van der Waals surface area contributed by atoms with E-state index in [1.165, 1.54) is 32.9 Å². The van der Waals surface area contributed by atoms with Gasteiger partial charge >= 0.3 is 296 Å². The van der Waals surface area contributed by atoms with E-state index in [4.69, 9.17) is 12.9 Å². The molecule has 6 rings (SSSR count). The van der Waals surface area contributed by atoms with Crippen LogP contribution < -0.4 is 20.4 Å². The summed E-state index contributed by atoms with van der Waals surface area (Å²) in [7, 11) is -1.92. The number of rotatable bonds is 5. The van der Waals surface area contributed by atoms with Crippen molar-refractivity contribution in [1.82, 2.24) is 0 Å². The minimum absolute atomic E-state index is 0.170. The van der Waals surface area contributed by atoms with Crippen LogP contribution in [0.5, 0.6) is 5.75 Å². The van der Waals surface area contributed by atoms with Crippen molar-refractivity contribution in [3.63, 3.8) is 0 Å². The number of aryl methyl sites for hydroxylation is 4. The first kappa shape index (κ1) is 34.6. The molecular formula is C42H46O3P2Se. The molecule has 48 heavy (non-hydrogen) atoms. The van der Waals surface area contributed by atoms with Crippen molar-refractivity contribution in [2.45, 2.75) is 80.1 Å². The summed E-state index contributed by atoms with van der Waals surface area (Å²) in [4.78, 5) is 0. The molecule has 0 bridgehead atoms. The van der Waals surface area contributed by atoms with Gasteiger partial charge in [-0.25, -0.2) is 0 Å². The first-order valence-electron chi connectivity index (χ1n) is 16.6. The molecule has 0 aliphatic carbocycles. The second-order valence-corrected chi connectivity index (χ2v) is 22.1. The Balaban J connectivity index is 1.74. The summed E-state index contributed by atoms with van der Waals surface area (Å²) in [5, 5.41) is 5.81. The summed E-state index contributed by atoms with van der Waals surface area (Å²) in [6.07, 6.45) is 0. The van der Waals surface area contributed by atoms with Gasteiger partial charge in [-0.15, -0.1) is 0 Å². The molecule has 0 aliphatic rings. The summed E-state index contributed by atoms with van der Waals surface area (Å²) in [5.74, 6) is 0.760. The predicted octanol–water partition coefficient (Wildman–Crippen LogP) is 11.3. The Hall–Kier alpha value is -3.25. The number of fused-ring (bicyclic) bond motifs is 3. The van der Waals surface area contributed by atoms with Crippen LogP contribution in [0.3, 0.4) is 0 Å². The van der Waals surface area contributed by atoms with Gasteiger partial charge in [0.05, 0.1) is 0 Å². The molecule has 248 valence electrons. The second-order valence-electron chi connectivity index (χ2n) is 14.9. The van der Waals surface area contributed by atoms with Gasteiger partial charge in [0.15, 0.2) is 0 Å². The van der Waals surface area contributed by atoms with Crippen LogP contribution in [0.2, 0.25) is 0 Å². The maximum absolute atomic E-state index is 7.10. The third-order valence-corrected chi connectivity index (χ3v) is 17.4. The zero-order valence-electron chi connectivity index (χ0n) is 29.8. The fourth-order valence-corrected chi connectivity index (χ4v) is 12.9. The van der Waals surface area contributed by atoms with E-state index in [1.807, 2.05) is 6.07 Å². The molecule has 0 spiro atoms. The maximum atomic E-state index is 7.10. The molecule has 3 nitrogen and oxygen atoms in total. The quantitative estimate of drug-likeness (QED) is 0.130. The van der Waals surface area contributed by atoms with Crippen LogP contribution in [0.4, 0.5) is 0 Å². The third-order valence-electron chi connectivity index (χ3n) is 9.41. The van der Waals surface area contributed by atoms with Crippen LogP contribution in [-0.4, -0.2) is 15.1 Å². The van der Waals surface area contributed by atoms with Crippen LogP contribution >= 0.6 is 13.7 Å². The Labute approximate surface area is 294 Å². The van der Waals surface area contributed by atoms with E-state index in [0.717, 1.165) is 44.1 Å². The topological polar surface area (TPSA) is 35.5 Å². The van der Waals surface area contributed by atoms with Gasteiger partial charge in [-0.05, 0) is 0 Å². The van der Waals surface area contributed by atoms with Crippen molar-refractivity contribution in [3.8, 4) is 5.75 Å². The average Bonchev–Trinajstić information content (AvgIpc) is 3.21. The summed E-state index contributed by atoms with van der Waals surface area (Å²) >= 11 is 3.70. The van der Waals surface area contributed by atoms with E-state index in [0.29, 0.717) is 0 Å². The Bertz CT molecular complexity index is 2110. The summed E-state index contributed by atoms with van der Waals surface area (Å²) in [6, 6.07) is 34.4. The molecule has 0 aliphatic heterocycles. The van der Waals surface area contributed by atoms with Crippen LogP contribution in [0.1, 0.15) is 74.9 Å². The Morgan fingerprint density at radius 3 is 1.40 bits per heavy atom. The standard InChI is InChI=1S/C42H46O3P2Se/c1-27-25-33(41(5,6)7)39-37(29(27)3)38-30(4)28(2)26-34(42(8,9)10)40(38)45-46(44-39)43-35-23-17-18-24-36(35)47(48,31-19-13-11-14-20-31)32-21-15-12-16-22-32/h11-26H,1-10H3. The summed E-state index contributed by atoms with van der Waals surface area (Å²) in [6.45, 7) is 22.3. The van der Waals surface area contributed by atoms with E-state index < -0.39 is 13.7 Å². The van der Waals surface area contributed by atoms with Gasteiger partial charge in [0.25, 0.3) is 0 Å². The van der Waals surface area contributed by atoms with E-state index >= 15 is 0 Å². The average molecular weight is 740 g/mol. The molecule has 0 radical (unpaired) electrons. The van der Waals surface area contributed by atoms with Crippen LogP contribution in [-0.2, 0) is 10.8 Å². The first-order chi connectivity index (χ1) is 22.6. The molecular weight excluding hydrogens is 693 g/mol. The number of hydrogen-bond acceptors (Lipinski definition) is 3. The molecule has 6 heteroatoms. The zero-order valence-corrected chi connectivity index (χ0v) is 33.3. The SMILES string of the molecule is Cc1cc(C(C)(C)C)c2op(Oc3ccccc3P(=[Se])(c3ccccc3)c3ccccc3)oc3c(C(C)(C)C)cc(C)c(C)c3c2c1C. The van der Waals surface area contributed by atoms with Crippen LogP contribution in [0.15, 0.2) is 105 Å². The molecule has 6 aromatic rings. The third kappa shape index (κ3) is 6.19. The minimum atomic E-state index is -2.23. The monoisotopic (exact) mass is 740 g/mol. The molecule has 5 aromatic carbocycles. The van der Waals surface area contributed by atoms with Crippen molar-refractivity contribution in [1.29, 1.82) is 0 Å². The van der Waals surface area contributed by atoms with Gasteiger partial charge in [-0.3, -0.25) is 0 Å². The number of benzene rings is 5. The van der Waals surface area contributed by atoms with Gasteiger partial charge in [0.2, 0.25) is 0 Å². The number of hydrogen-bond donors (Lipinski definition) is 0. The van der Waals surface area contributed by atoms with Crippen molar-refractivity contribution in [3.05, 3.63) is 130 Å². The summed E-state index contributed by atoms with van der Waals surface area (Å²) < 4.78 is 21.3. The molecule has 0 unspecified atom stereocenters. The number of para-hydroxylation sites is 1. The molecule has 0 amide bonds. The van der Waals surface area contributed by atoms with E-state index in [-0.39, 0.29) is 10.8 Å². The van der Waals surface area contributed by atoms with E-state index in [2.05, 4.69) is 175 Å². The van der Waals surface area contributed by atoms with Crippen molar-refractivity contribution in [2.24, 2.45) is 0 Å². The summed E-state index contributed by atoms with van der Waals surface area (Å²) in [5.41, 5.74) is 6.34. The normalized spacial score (nSPS) is 12.5. The molecule has 1 aromatic heterocycles. The molecule has 0 saturated carbocycles. The van der Waals surface area contributed by atoms with Gasteiger partial charge < -0.3 is 0 Å². The first-order valence-corrected chi connectivity index (χ1v) is 21.7. The van der Waals surface area contributed by atoms with Crippen LogP contribution in [0, 0.1) is 27.7 Å². The molecule has 0 N–H and O–H groups in total. The molecule has 0 fully saturated rings. The van der Waals surface area contributed by atoms with Gasteiger partial charge in [-0.2, -0.15) is 0 Å². The van der Waals surface area contributed by atoms with Crippen LogP contribution in [0.25, 0.3) is 21.9 Å². The molecule has 0 saturated heterocycles. The fraction of sp³-hybridized carbons (Fsp3) is 0.286. The Morgan fingerprint density at radius 2 is 0.979 bits per heavy atom. The second kappa shape index (κ2) is 12.9. The van der Waals surface area contributed by atoms with Gasteiger partial charge in [0.1, 0.15) is 0 Å². The molecule has 1 heterocycles. The fourth-order valence-electron chi connectivity index (χ4n) is 6.47. The van der Waals surface area contributed by atoms with Crippen molar-refractivity contribution >= 4 is 66.7 Å².